The van der Waals surface area contributed by atoms with E-state index in [1.165, 1.54) is 0 Å². The van der Waals surface area contributed by atoms with Crippen LogP contribution in [0.5, 0.6) is 0 Å². The molecule has 0 saturated heterocycles. The molecule has 0 aromatic carbocycles. The normalized spacial score (nSPS) is 21.8. The maximum atomic E-state index is 11.6. The predicted octanol–water partition coefficient (Wildman–Crippen LogP) is 2.36. The third-order valence-corrected chi connectivity index (χ3v) is 1.80. The van der Waals surface area contributed by atoms with Crippen molar-refractivity contribution in [3.8, 4) is 0 Å². The van der Waals surface area contributed by atoms with Gasteiger partial charge in [-0.2, -0.15) is 13.2 Å². The molecule has 1 nitrogen and oxygen atoms in total. The molecule has 1 rings (SSSR count). The zero-order valence-corrected chi connectivity index (χ0v) is 6.32. The molecule has 0 aliphatic heterocycles. The van der Waals surface area contributed by atoms with Gasteiger partial charge in [-0.15, -0.1) is 0 Å². The molecule has 11 heavy (non-hydrogen) atoms. The number of hydrogen-bond donors (Lipinski definition) is 0. The van der Waals surface area contributed by atoms with Gasteiger partial charge >= 0.3 is 6.18 Å². The molecular formula is C7H11F3O. The van der Waals surface area contributed by atoms with Crippen LogP contribution in [0.15, 0.2) is 0 Å². The van der Waals surface area contributed by atoms with Crippen LogP contribution in [-0.2, 0) is 4.74 Å². The van der Waals surface area contributed by atoms with Gasteiger partial charge in [0.1, 0.15) is 6.61 Å². The summed E-state index contributed by atoms with van der Waals surface area (Å²) < 4.78 is 39.3. The molecule has 1 saturated carbocycles. The highest BCUT2D eigenvalue weighted by molar-refractivity contribution is 4.79. The maximum absolute atomic E-state index is 11.6. The Morgan fingerprint density at radius 2 is 2.00 bits per heavy atom. The van der Waals surface area contributed by atoms with Crippen LogP contribution < -0.4 is 0 Å². The van der Waals surface area contributed by atoms with Gasteiger partial charge in [0.15, 0.2) is 0 Å². The average Bonchev–Trinajstić information content (AvgIpc) is 2.61. The summed E-state index contributed by atoms with van der Waals surface area (Å²) in [5.74, 6) is 0.373. The molecule has 1 fully saturated rings. The van der Waals surface area contributed by atoms with Crippen LogP contribution in [0.2, 0.25) is 0 Å². The molecule has 0 heterocycles. The first kappa shape index (κ1) is 8.84. The van der Waals surface area contributed by atoms with Crippen LogP contribution >= 0.6 is 0 Å². The molecular weight excluding hydrogens is 157 g/mol. The lowest BCUT2D eigenvalue weighted by Gasteiger charge is -2.13. The van der Waals surface area contributed by atoms with Crippen LogP contribution in [-0.4, -0.2) is 18.9 Å². The summed E-state index contributed by atoms with van der Waals surface area (Å²) in [6.45, 7) is 0.591. The molecule has 0 bridgehead atoms. The molecule has 1 atom stereocenters. The first-order chi connectivity index (χ1) is 4.99. The minimum absolute atomic E-state index is 0.225. The van der Waals surface area contributed by atoms with Crippen molar-refractivity contribution in [2.24, 2.45) is 5.92 Å². The van der Waals surface area contributed by atoms with E-state index in [-0.39, 0.29) is 6.10 Å². The van der Waals surface area contributed by atoms with Crippen molar-refractivity contribution in [2.75, 3.05) is 6.61 Å². The second-order valence-corrected chi connectivity index (χ2v) is 2.97. The lowest BCUT2D eigenvalue weighted by atomic mass is 10.3. The highest BCUT2D eigenvalue weighted by atomic mass is 19.4. The average molecular weight is 168 g/mol. The van der Waals surface area contributed by atoms with Crippen molar-refractivity contribution in [3.63, 3.8) is 0 Å². The lowest BCUT2D eigenvalue weighted by molar-refractivity contribution is -0.185. The van der Waals surface area contributed by atoms with E-state index in [1.54, 1.807) is 6.92 Å². The number of rotatable bonds is 3. The van der Waals surface area contributed by atoms with Gasteiger partial charge in [0, 0.05) is 0 Å². The van der Waals surface area contributed by atoms with E-state index in [1.807, 2.05) is 0 Å². The number of alkyl halides is 3. The number of ether oxygens (including phenoxy) is 1. The molecule has 0 radical (unpaired) electrons. The fourth-order valence-corrected chi connectivity index (χ4v) is 0.928. The van der Waals surface area contributed by atoms with Crippen LogP contribution in [0.3, 0.4) is 0 Å². The van der Waals surface area contributed by atoms with E-state index in [2.05, 4.69) is 4.74 Å². The molecule has 0 aromatic rings. The Morgan fingerprint density at radius 3 is 2.36 bits per heavy atom. The molecule has 1 unspecified atom stereocenters. The van der Waals surface area contributed by atoms with E-state index >= 15 is 0 Å². The molecule has 0 aromatic heterocycles. The minimum Gasteiger partial charge on any atom is -0.369 e. The van der Waals surface area contributed by atoms with E-state index in [4.69, 9.17) is 0 Å². The second kappa shape index (κ2) is 3.01. The molecule has 4 heteroatoms. The molecule has 1 aliphatic carbocycles. The van der Waals surface area contributed by atoms with E-state index in [9.17, 15) is 13.2 Å². The van der Waals surface area contributed by atoms with Crippen LogP contribution in [0.1, 0.15) is 19.8 Å². The van der Waals surface area contributed by atoms with Crippen molar-refractivity contribution in [1.82, 2.24) is 0 Å². The van der Waals surface area contributed by atoms with Crippen LogP contribution in [0.25, 0.3) is 0 Å². The van der Waals surface area contributed by atoms with Gasteiger partial charge in [0.05, 0.1) is 6.10 Å². The number of halogens is 3. The van der Waals surface area contributed by atoms with Crippen LogP contribution in [0, 0.1) is 5.92 Å². The Balaban J connectivity index is 2.10. The van der Waals surface area contributed by atoms with Gasteiger partial charge in [-0.1, -0.05) is 0 Å². The highest BCUT2D eigenvalue weighted by Gasteiger charge is 2.33. The summed E-state index contributed by atoms with van der Waals surface area (Å²) in [7, 11) is 0. The largest absolute Gasteiger partial charge is 0.411 e. The first-order valence-corrected chi connectivity index (χ1v) is 3.67. The SMILES string of the molecule is CC(OCC(F)(F)F)C1CC1. The van der Waals surface area contributed by atoms with Gasteiger partial charge in [-0.25, -0.2) is 0 Å². The molecule has 0 amide bonds. The predicted molar refractivity (Wildman–Crippen MR) is 34.2 cm³/mol. The molecule has 0 N–H and O–H groups in total. The summed E-state index contributed by atoms with van der Waals surface area (Å²) in [5, 5.41) is 0. The summed E-state index contributed by atoms with van der Waals surface area (Å²) in [5.41, 5.74) is 0. The lowest BCUT2D eigenvalue weighted by Crippen LogP contribution is -2.22. The maximum Gasteiger partial charge on any atom is 0.411 e. The Morgan fingerprint density at radius 1 is 1.45 bits per heavy atom. The van der Waals surface area contributed by atoms with Crippen molar-refractivity contribution >= 4 is 0 Å². The highest BCUT2D eigenvalue weighted by Crippen LogP contribution is 2.34. The van der Waals surface area contributed by atoms with Crippen LogP contribution in [0.4, 0.5) is 13.2 Å². The van der Waals surface area contributed by atoms with E-state index < -0.39 is 12.8 Å². The third kappa shape index (κ3) is 3.60. The summed E-state index contributed by atoms with van der Waals surface area (Å²) in [4.78, 5) is 0. The Kier molecular flexibility index (Phi) is 2.42. The van der Waals surface area contributed by atoms with E-state index in [0.717, 1.165) is 12.8 Å². The Bertz CT molecular complexity index is 128. The van der Waals surface area contributed by atoms with Crippen molar-refractivity contribution < 1.29 is 17.9 Å². The quantitative estimate of drug-likeness (QED) is 0.628. The third-order valence-electron chi connectivity index (χ3n) is 1.80. The monoisotopic (exact) mass is 168 g/mol. The summed E-state index contributed by atoms with van der Waals surface area (Å²) in [6, 6.07) is 0. The smallest absolute Gasteiger partial charge is 0.369 e. The zero-order chi connectivity index (χ0) is 8.48. The van der Waals surface area contributed by atoms with Gasteiger partial charge in [-0.05, 0) is 25.7 Å². The van der Waals surface area contributed by atoms with Gasteiger partial charge in [0.2, 0.25) is 0 Å². The Labute approximate surface area is 63.5 Å². The van der Waals surface area contributed by atoms with Crippen molar-refractivity contribution in [3.05, 3.63) is 0 Å². The van der Waals surface area contributed by atoms with E-state index in [0.29, 0.717) is 5.92 Å². The van der Waals surface area contributed by atoms with Gasteiger partial charge < -0.3 is 4.74 Å². The zero-order valence-electron chi connectivity index (χ0n) is 6.32. The number of hydrogen-bond acceptors (Lipinski definition) is 1. The fraction of sp³-hybridized carbons (Fsp3) is 1.00. The first-order valence-electron chi connectivity index (χ1n) is 3.67. The fourth-order valence-electron chi connectivity index (χ4n) is 0.928. The van der Waals surface area contributed by atoms with Gasteiger partial charge in [0.25, 0.3) is 0 Å². The molecule has 0 spiro atoms. The summed E-state index contributed by atoms with van der Waals surface area (Å²) >= 11 is 0. The Hall–Kier alpha value is -0.250. The van der Waals surface area contributed by atoms with Gasteiger partial charge in [-0.3, -0.25) is 0 Å². The standard InChI is InChI=1S/C7H11F3O/c1-5(6-2-3-6)11-4-7(8,9)10/h5-6H,2-4H2,1H3. The topological polar surface area (TPSA) is 9.23 Å². The summed E-state index contributed by atoms with van der Waals surface area (Å²) in [6.07, 6.45) is -2.38. The second-order valence-electron chi connectivity index (χ2n) is 2.97. The molecule has 1 aliphatic rings. The molecule has 66 valence electrons. The van der Waals surface area contributed by atoms with Crippen molar-refractivity contribution in [1.29, 1.82) is 0 Å². The minimum atomic E-state index is -4.18. The van der Waals surface area contributed by atoms with Crippen molar-refractivity contribution in [2.45, 2.75) is 32.0 Å².